The Hall–Kier alpha value is -0.700. The molecule has 1 N–H and O–H groups in total. The fourth-order valence-electron chi connectivity index (χ4n) is 2.49. The van der Waals surface area contributed by atoms with Crippen LogP contribution in [0.2, 0.25) is 0 Å². The maximum atomic E-state index is 4.45. The number of hydrogen-bond donors (Lipinski definition) is 1. The molecule has 1 saturated heterocycles. The van der Waals surface area contributed by atoms with Crippen LogP contribution in [0.15, 0.2) is 23.3 Å². The van der Waals surface area contributed by atoms with Crippen molar-refractivity contribution in [2.45, 2.75) is 25.1 Å². The molecule has 7 heteroatoms. The first-order chi connectivity index (χ1) is 10.6. The van der Waals surface area contributed by atoms with Gasteiger partial charge in [-0.25, -0.2) is 4.98 Å². The quantitative estimate of drug-likeness (QED) is 0.435. The number of rotatable bonds is 4. The van der Waals surface area contributed by atoms with Crippen LogP contribution in [0.25, 0.3) is 0 Å². The van der Waals surface area contributed by atoms with Gasteiger partial charge in [0.1, 0.15) is 5.82 Å². The Kier molecular flexibility index (Phi) is 9.04. The molecule has 2 rings (SSSR count). The van der Waals surface area contributed by atoms with E-state index in [1.54, 1.807) is 0 Å². The summed E-state index contributed by atoms with van der Waals surface area (Å²) in [6.45, 7) is 5.19. The van der Waals surface area contributed by atoms with E-state index in [9.17, 15) is 0 Å². The lowest BCUT2D eigenvalue weighted by Gasteiger charge is -2.34. The summed E-state index contributed by atoms with van der Waals surface area (Å²) >= 11 is 2.08. The number of guanidine groups is 1. The summed E-state index contributed by atoms with van der Waals surface area (Å²) in [5, 5.41) is 4.20. The molecule has 130 valence electrons. The maximum absolute atomic E-state index is 4.45. The molecule has 0 aliphatic carbocycles. The van der Waals surface area contributed by atoms with Crippen molar-refractivity contribution in [1.82, 2.24) is 15.2 Å². The van der Waals surface area contributed by atoms with Crippen LogP contribution in [0.5, 0.6) is 0 Å². The Morgan fingerprint density at radius 2 is 2.30 bits per heavy atom. The van der Waals surface area contributed by atoms with Gasteiger partial charge in [0.05, 0.1) is 0 Å². The van der Waals surface area contributed by atoms with Crippen molar-refractivity contribution in [1.29, 1.82) is 0 Å². The molecule has 1 fully saturated rings. The normalized spacial score (nSPS) is 18.3. The van der Waals surface area contributed by atoms with Crippen LogP contribution >= 0.6 is 35.7 Å². The topological polar surface area (TPSA) is 43.8 Å². The number of halogens is 1. The minimum absolute atomic E-state index is 0. The lowest BCUT2D eigenvalue weighted by molar-refractivity contribution is 0.408. The van der Waals surface area contributed by atoms with Crippen molar-refractivity contribution in [3.8, 4) is 0 Å². The molecule has 0 bridgehead atoms. The Morgan fingerprint density at radius 3 is 2.96 bits per heavy atom. The summed E-state index contributed by atoms with van der Waals surface area (Å²) in [7, 11) is 5.88. The van der Waals surface area contributed by atoms with Gasteiger partial charge in [0.15, 0.2) is 5.96 Å². The zero-order valence-electron chi connectivity index (χ0n) is 14.5. The van der Waals surface area contributed by atoms with Crippen LogP contribution < -0.4 is 10.2 Å². The van der Waals surface area contributed by atoms with E-state index in [1.165, 1.54) is 17.7 Å². The highest BCUT2D eigenvalue weighted by atomic mass is 127. The van der Waals surface area contributed by atoms with E-state index < -0.39 is 0 Å². The van der Waals surface area contributed by atoms with E-state index in [-0.39, 0.29) is 24.0 Å². The molecule has 1 aliphatic heterocycles. The summed E-state index contributed by atoms with van der Waals surface area (Å²) in [5.74, 6) is 3.16. The van der Waals surface area contributed by atoms with E-state index >= 15 is 0 Å². The van der Waals surface area contributed by atoms with Crippen molar-refractivity contribution in [3.63, 3.8) is 0 Å². The summed E-state index contributed by atoms with van der Waals surface area (Å²) in [6, 6.07) is 4.16. The van der Waals surface area contributed by atoms with Gasteiger partial charge >= 0.3 is 0 Å². The van der Waals surface area contributed by atoms with Crippen molar-refractivity contribution in [2.75, 3.05) is 44.9 Å². The van der Waals surface area contributed by atoms with Crippen LogP contribution in [0.3, 0.4) is 0 Å². The number of aliphatic imine (C=N–C) groups is 1. The van der Waals surface area contributed by atoms with E-state index in [1.807, 2.05) is 38.3 Å². The molecule has 1 aromatic rings. The third-order valence-electron chi connectivity index (χ3n) is 3.82. The standard InChI is InChI=1S/C16H27N5S.HI/c1-5-14-12-21(8-9-22-14)16(17-2)19-11-13-6-7-18-15(10-13)20(3)4;/h6-7,10,14H,5,8-9,11-12H2,1-4H3,(H,17,19);1H. The Balaban J connectivity index is 0.00000264. The number of hydrogen-bond acceptors (Lipinski definition) is 4. The van der Waals surface area contributed by atoms with Crippen molar-refractivity contribution in [3.05, 3.63) is 23.9 Å². The van der Waals surface area contributed by atoms with E-state index in [0.717, 1.165) is 31.4 Å². The van der Waals surface area contributed by atoms with Gasteiger partial charge in [-0.3, -0.25) is 4.99 Å². The van der Waals surface area contributed by atoms with Gasteiger partial charge in [-0.15, -0.1) is 24.0 Å². The number of anilines is 1. The van der Waals surface area contributed by atoms with Gasteiger partial charge in [-0.1, -0.05) is 6.92 Å². The van der Waals surface area contributed by atoms with Gasteiger partial charge in [0.2, 0.25) is 0 Å². The Bertz CT molecular complexity index is 509. The third-order valence-corrected chi connectivity index (χ3v) is 5.20. The SMILES string of the molecule is CCC1CN(C(=NC)NCc2ccnc(N(C)C)c2)CCS1.I. The first-order valence-electron chi connectivity index (χ1n) is 7.83. The molecule has 1 aromatic heterocycles. The van der Waals surface area contributed by atoms with Gasteiger partial charge in [-0.2, -0.15) is 11.8 Å². The number of nitrogens with one attached hydrogen (secondary N) is 1. The molecule has 1 atom stereocenters. The molecule has 0 radical (unpaired) electrons. The first kappa shape index (κ1) is 20.3. The zero-order valence-corrected chi connectivity index (χ0v) is 17.6. The summed E-state index contributed by atoms with van der Waals surface area (Å²) in [5.41, 5.74) is 1.22. The van der Waals surface area contributed by atoms with Crippen LogP contribution in [0.4, 0.5) is 5.82 Å². The predicted octanol–water partition coefficient (Wildman–Crippen LogP) is 2.67. The average molecular weight is 449 g/mol. The van der Waals surface area contributed by atoms with Crippen LogP contribution in [0.1, 0.15) is 18.9 Å². The van der Waals surface area contributed by atoms with Crippen molar-refractivity contribution in [2.24, 2.45) is 4.99 Å². The zero-order chi connectivity index (χ0) is 15.9. The monoisotopic (exact) mass is 449 g/mol. The molecule has 5 nitrogen and oxygen atoms in total. The lowest BCUT2D eigenvalue weighted by atomic mass is 10.2. The first-order valence-corrected chi connectivity index (χ1v) is 8.88. The largest absolute Gasteiger partial charge is 0.363 e. The predicted molar refractivity (Wildman–Crippen MR) is 112 cm³/mol. The lowest BCUT2D eigenvalue weighted by Crippen LogP contribution is -2.47. The van der Waals surface area contributed by atoms with Gasteiger partial charge in [0.25, 0.3) is 0 Å². The fraction of sp³-hybridized carbons (Fsp3) is 0.625. The number of aromatic nitrogens is 1. The van der Waals surface area contributed by atoms with E-state index in [0.29, 0.717) is 5.25 Å². The second kappa shape index (κ2) is 10.2. The molecule has 0 aromatic carbocycles. The minimum Gasteiger partial charge on any atom is -0.363 e. The Labute approximate surface area is 161 Å². The molecule has 2 heterocycles. The van der Waals surface area contributed by atoms with Gasteiger partial charge < -0.3 is 15.1 Å². The maximum Gasteiger partial charge on any atom is 0.193 e. The number of thioether (sulfide) groups is 1. The highest BCUT2D eigenvalue weighted by Crippen LogP contribution is 2.21. The van der Waals surface area contributed by atoms with Crippen LogP contribution in [-0.4, -0.2) is 61.1 Å². The van der Waals surface area contributed by atoms with E-state index in [2.05, 4.69) is 44.9 Å². The molecule has 23 heavy (non-hydrogen) atoms. The smallest absolute Gasteiger partial charge is 0.193 e. The molecule has 0 saturated carbocycles. The van der Waals surface area contributed by atoms with Crippen molar-refractivity contribution >= 4 is 47.5 Å². The average Bonchev–Trinajstić information content (AvgIpc) is 2.56. The number of pyridine rings is 1. The molecular formula is C16H28IN5S. The summed E-state index contributed by atoms with van der Waals surface area (Å²) < 4.78 is 0. The van der Waals surface area contributed by atoms with Crippen LogP contribution in [-0.2, 0) is 6.54 Å². The second-order valence-electron chi connectivity index (χ2n) is 5.66. The fourth-order valence-corrected chi connectivity index (χ4v) is 3.67. The van der Waals surface area contributed by atoms with Crippen LogP contribution in [0, 0.1) is 0 Å². The third kappa shape index (κ3) is 6.02. The summed E-state index contributed by atoms with van der Waals surface area (Å²) in [4.78, 5) is 13.2. The highest BCUT2D eigenvalue weighted by molar-refractivity contribution is 14.0. The molecule has 0 spiro atoms. The molecule has 0 amide bonds. The number of nitrogens with zero attached hydrogens (tertiary/aromatic N) is 4. The van der Waals surface area contributed by atoms with Crippen molar-refractivity contribution < 1.29 is 0 Å². The van der Waals surface area contributed by atoms with Gasteiger partial charge in [0, 0.05) is 58.0 Å². The van der Waals surface area contributed by atoms with E-state index in [4.69, 9.17) is 0 Å². The highest BCUT2D eigenvalue weighted by Gasteiger charge is 2.21. The molecule has 1 unspecified atom stereocenters. The Morgan fingerprint density at radius 1 is 1.52 bits per heavy atom. The van der Waals surface area contributed by atoms with Gasteiger partial charge in [-0.05, 0) is 24.1 Å². The molecule has 1 aliphatic rings. The summed E-state index contributed by atoms with van der Waals surface area (Å²) in [6.07, 6.45) is 3.08. The molecular weight excluding hydrogens is 421 g/mol. The minimum atomic E-state index is 0. The second-order valence-corrected chi connectivity index (χ2v) is 7.07.